The van der Waals surface area contributed by atoms with Gasteiger partial charge in [0.25, 0.3) is 0 Å². The molecule has 25 heavy (non-hydrogen) atoms. The Morgan fingerprint density at radius 2 is 1.96 bits per heavy atom. The highest BCUT2D eigenvalue weighted by molar-refractivity contribution is 6.31. The minimum absolute atomic E-state index is 0.0274. The molecule has 7 heteroatoms. The first-order valence-electron chi connectivity index (χ1n) is 7.55. The van der Waals surface area contributed by atoms with Crippen molar-refractivity contribution >= 4 is 17.5 Å². The number of benzene rings is 2. The number of carbonyl (C=O) groups excluding carboxylic acids is 1. The highest BCUT2D eigenvalue weighted by Gasteiger charge is 2.15. The maximum atomic E-state index is 13.7. The van der Waals surface area contributed by atoms with Crippen molar-refractivity contribution in [2.75, 3.05) is 20.8 Å². The summed E-state index contributed by atoms with van der Waals surface area (Å²) in [5.74, 6) is 0.0369. The van der Waals surface area contributed by atoms with Crippen LogP contribution < -0.4 is 14.8 Å². The molecule has 0 bridgehead atoms. The van der Waals surface area contributed by atoms with E-state index in [4.69, 9.17) is 21.1 Å². The number of aliphatic hydroxyl groups is 1. The Morgan fingerprint density at radius 1 is 1.24 bits per heavy atom. The Balaban J connectivity index is 1.97. The number of carbonyl (C=O) groups is 1. The lowest BCUT2D eigenvalue weighted by atomic mass is 10.1. The predicted molar refractivity (Wildman–Crippen MR) is 92.6 cm³/mol. The lowest BCUT2D eigenvalue weighted by Crippen LogP contribution is -2.30. The van der Waals surface area contributed by atoms with Crippen LogP contribution in [0.15, 0.2) is 36.4 Å². The number of aliphatic hydroxyl groups excluding tert-OH is 1. The average Bonchev–Trinajstić information content (AvgIpc) is 2.62. The van der Waals surface area contributed by atoms with E-state index in [1.807, 2.05) is 0 Å². The lowest BCUT2D eigenvalue weighted by Gasteiger charge is -2.15. The van der Waals surface area contributed by atoms with Crippen LogP contribution in [-0.4, -0.2) is 31.8 Å². The molecule has 2 rings (SSSR count). The van der Waals surface area contributed by atoms with Gasteiger partial charge in [0.15, 0.2) is 11.5 Å². The Hall–Kier alpha value is -2.31. The van der Waals surface area contributed by atoms with Crippen LogP contribution in [0.25, 0.3) is 0 Å². The smallest absolute Gasteiger partial charge is 0.224 e. The molecule has 0 aliphatic rings. The van der Waals surface area contributed by atoms with E-state index in [1.54, 1.807) is 18.2 Å². The predicted octanol–water partition coefficient (Wildman–Crippen LogP) is 2.89. The summed E-state index contributed by atoms with van der Waals surface area (Å²) in [5.41, 5.74) is 0.684. The van der Waals surface area contributed by atoms with Crippen LogP contribution in [0.4, 0.5) is 4.39 Å². The van der Waals surface area contributed by atoms with Crippen molar-refractivity contribution in [3.05, 3.63) is 58.4 Å². The largest absolute Gasteiger partial charge is 0.493 e. The number of halogens is 2. The first-order chi connectivity index (χ1) is 12.0. The minimum atomic E-state index is -0.945. The second kappa shape index (κ2) is 8.69. The fourth-order valence-corrected chi connectivity index (χ4v) is 2.54. The van der Waals surface area contributed by atoms with Gasteiger partial charge in [-0.2, -0.15) is 0 Å². The molecule has 0 heterocycles. The van der Waals surface area contributed by atoms with Gasteiger partial charge in [0, 0.05) is 17.1 Å². The molecule has 0 saturated heterocycles. The van der Waals surface area contributed by atoms with E-state index in [0.717, 1.165) is 0 Å². The normalized spacial score (nSPS) is 11.7. The number of ether oxygens (including phenoxy) is 2. The monoisotopic (exact) mass is 367 g/mol. The first-order valence-corrected chi connectivity index (χ1v) is 7.93. The van der Waals surface area contributed by atoms with Gasteiger partial charge in [0.2, 0.25) is 5.91 Å². The van der Waals surface area contributed by atoms with Gasteiger partial charge in [-0.3, -0.25) is 4.79 Å². The van der Waals surface area contributed by atoms with E-state index in [0.29, 0.717) is 17.1 Å². The van der Waals surface area contributed by atoms with E-state index < -0.39 is 17.8 Å². The molecule has 134 valence electrons. The zero-order valence-electron chi connectivity index (χ0n) is 13.9. The molecule has 0 fully saturated rings. The van der Waals surface area contributed by atoms with Gasteiger partial charge in [0.05, 0.1) is 26.7 Å². The van der Waals surface area contributed by atoms with Gasteiger partial charge in [0.1, 0.15) is 5.82 Å². The van der Waals surface area contributed by atoms with Gasteiger partial charge in [-0.05, 0) is 29.8 Å². The molecule has 2 aromatic rings. The van der Waals surface area contributed by atoms with Crippen LogP contribution in [0, 0.1) is 5.82 Å². The topological polar surface area (TPSA) is 67.8 Å². The van der Waals surface area contributed by atoms with Crippen LogP contribution >= 0.6 is 11.6 Å². The van der Waals surface area contributed by atoms with Crippen molar-refractivity contribution in [3.63, 3.8) is 0 Å². The Bertz CT molecular complexity index is 734. The molecule has 0 radical (unpaired) electrons. The van der Waals surface area contributed by atoms with Gasteiger partial charge in [-0.15, -0.1) is 0 Å². The molecule has 0 aliphatic heterocycles. The number of hydrogen-bond donors (Lipinski definition) is 2. The zero-order valence-corrected chi connectivity index (χ0v) is 14.6. The molecular weight excluding hydrogens is 349 g/mol. The molecule has 2 aromatic carbocycles. The summed E-state index contributed by atoms with van der Waals surface area (Å²) in [4.78, 5) is 12.0. The molecule has 5 nitrogen and oxygen atoms in total. The first kappa shape index (κ1) is 19.0. The van der Waals surface area contributed by atoms with E-state index in [2.05, 4.69) is 5.32 Å². The molecule has 0 aromatic heterocycles. The average molecular weight is 368 g/mol. The van der Waals surface area contributed by atoms with Crippen molar-refractivity contribution in [3.8, 4) is 11.5 Å². The highest BCUT2D eigenvalue weighted by Crippen LogP contribution is 2.29. The van der Waals surface area contributed by atoms with Gasteiger partial charge >= 0.3 is 0 Å². The van der Waals surface area contributed by atoms with E-state index >= 15 is 0 Å². The van der Waals surface area contributed by atoms with Crippen LogP contribution in [0.2, 0.25) is 5.02 Å². The number of amides is 1. The summed E-state index contributed by atoms with van der Waals surface area (Å²) < 4.78 is 24.0. The van der Waals surface area contributed by atoms with Gasteiger partial charge in [-0.1, -0.05) is 23.7 Å². The van der Waals surface area contributed by atoms with Crippen molar-refractivity contribution in [1.82, 2.24) is 5.32 Å². The fraction of sp³-hybridized carbons (Fsp3) is 0.278. The third kappa shape index (κ3) is 4.84. The molecule has 0 aliphatic carbocycles. The molecule has 1 atom stereocenters. The van der Waals surface area contributed by atoms with Crippen molar-refractivity contribution in [1.29, 1.82) is 0 Å². The number of rotatable bonds is 7. The maximum Gasteiger partial charge on any atom is 0.224 e. The Labute approximate surface area is 150 Å². The fourth-order valence-electron chi connectivity index (χ4n) is 2.31. The summed E-state index contributed by atoms with van der Waals surface area (Å²) >= 11 is 5.90. The van der Waals surface area contributed by atoms with E-state index in [1.165, 1.54) is 32.4 Å². The Morgan fingerprint density at radius 3 is 2.60 bits per heavy atom. The molecule has 0 saturated carbocycles. The SMILES string of the molecule is COc1ccc([C@@H](O)CNC(=O)Cc2c(F)cccc2Cl)cc1OC. The highest BCUT2D eigenvalue weighted by atomic mass is 35.5. The second-order valence-electron chi connectivity index (χ2n) is 5.31. The van der Waals surface area contributed by atoms with E-state index in [-0.39, 0.29) is 23.6 Å². The summed E-state index contributed by atoms with van der Waals surface area (Å²) in [5, 5.41) is 13.0. The summed E-state index contributed by atoms with van der Waals surface area (Å²) in [7, 11) is 3.01. The van der Waals surface area contributed by atoms with Crippen molar-refractivity contribution < 1.29 is 23.8 Å². The number of methoxy groups -OCH3 is 2. The summed E-state index contributed by atoms with van der Waals surface area (Å²) in [6.07, 6.45) is -1.15. The number of nitrogens with one attached hydrogen (secondary N) is 1. The number of hydrogen-bond acceptors (Lipinski definition) is 4. The van der Waals surface area contributed by atoms with Gasteiger partial charge < -0.3 is 19.9 Å². The molecule has 0 spiro atoms. The minimum Gasteiger partial charge on any atom is -0.493 e. The van der Waals surface area contributed by atoms with E-state index in [9.17, 15) is 14.3 Å². The van der Waals surface area contributed by atoms with Crippen molar-refractivity contribution in [2.24, 2.45) is 0 Å². The van der Waals surface area contributed by atoms with Crippen LogP contribution in [0.3, 0.4) is 0 Å². The third-order valence-electron chi connectivity index (χ3n) is 3.68. The van der Waals surface area contributed by atoms with Crippen molar-refractivity contribution in [2.45, 2.75) is 12.5 Å². The third-order valence-corrected chi connectivity index (χ3v) is 4.04. The summed E-state index contributed by atoms with van der Waals surface area (Å²) in [6, 6.07) is 9.20. The standard InChI is InChI=1S/C18H19ClFNO4/c1-24-16-7-6-11(8-17(16)25-2)15(22)10-21-18(23)9-12-13(19)4-3-5-14(12)20/h3-8,15,22H,9-10H2,1-2H3,(H,21,23)/t15-/m0/s1. The van der Waals surface area contributed by atoms with Crippen LogP contribution in [0.5, 0.6) is 11.5 Å². The molecule has 0 unspecified atom stereocenters. The molecule has 1 amide bonds. The molecule has 2 N–H and O–H groups in total. The van der Waals surface area contributed by atoms with Gasteiger partial charge in [-0.25, -0.2) is 4.39 Å². The Kier molecular flexibility index (Phi) is 6.61. The van der Waals surface area contributed by atoms with Crippen LogP contribution in [-0.2, 0) is 11.2 Å². The summed E-state index contributed by atoms with van der Waals surface area (Å²) in [6.45, 7) is -0.0274. The second-order valence-corrected chi connectivity index (χ2v) is 5.72. The molecular formula is C18H19ClFNO4. The van der Waals surface area contributed by atoms with Crippen LogP contribution in [0.1, 0.15) is 17.2 Å². The zero-order chi connectivity index (χ0) is 18.4. The maximum absolute atomic E-state index is 13.7. The quantitative estimate of drug-likeness (QED) is 0.789. The lowest BCUT2D eigenvalue weighted by molar-refractivity contribution is -0.120.